The van der Waals surface area contributed by atoms with Crippen molar-refractivity contribution in [1.29, 1.82) is 5.26 Å². The van der Waals surface area contributed by atoms with Gasteiger partial charge in [-0.1, -0.05) is 6.07 Å². The first kappa shape index (κ1) is 10.8. The maximum atomic E-state index is 11.8. The topological polar surface area (TPSA) is 78.7 Å². The van der Waals surface area contributed by atoms with Gasteiger partial charge in [0.25, 0.3) is 5.91 Å². The second-order valence-electron chi connectivity index (χ2n) is 3.22. The fraction of sp³-hybridized carbons (Fsp3) is 0. The molecule has 2 rings (SSSR count). The minimum Gasteiger partial charge on any atom is -0.290 e. The summed E-state index contributed by atoms with van der Waals surface area (Å²) in [6, 6.07) is 10.1. The Balaban J connectivity index is 2.18. The van der Waals surface area contributed by atoms with E-state index < -0.39 is 0 Å². The van der Waals surface area contributed by atoms with Crippen LogP contribution in [0.5, 0.6) is 0 Å². The van der Waals surface area contributed by atoms with Gasteiger partial charge in [-0.2, -0.15) is 5.26 Å². The molecule has 82 valence electrons. The number of hydrogen-bond acceptors (Lipinski definition) is 4. The summed E-state index contributed by atoms with van der Waals surface area (Å²) in [5.74, 6) is -0.104. The largest absolute Gasteiger partial charge is 0.290 e. The quantitative estimate of drug-likeness (QED) is 0.840. The maximum Gasteiger partial charge on any atom is 0.258 e. The molecule has 0 unspecified atom stereocenters. The lowest BCUT2D eigenvalue weighted by Gasteiger charge is -2.02. The van der Waals surface area contributed by atoms with E-state index in [0.717, 1.165) is 0 Å². The fourth-order valence-corrected chi connectivity index (χ4v) is 1.27. The van der Waals surface area contributed by atoms with Crippen LogP contribution in [0.2, 0.25) is 0 Å². The molecule has 5 nitrogen and oxygen atoms in total. The van der Waals surface area contributed by atoms with Crippen LogP contribution in [0.4, 0.5) is 5.95 Å². The lowest BCUT2D eigenvalue weighted by atomic mass is 10.1. The molecule has 1 heterocycles. The Kier molecular flexibility index (Phi) is 3.08. The molecule has 0 spiro atoms. The molecule has 0 fully saturated rings. The zero-order valence-corrected chi connectivity index (χ0v) is 8.79. The van der Waals surface area contributed by atoms with E-state index in [1.54, 1.807) is 24.3 Å². The third-order valence-electron chi connectivity index (χ3n) is 2.04. The minimum atomic E-state index is -0.340. The van der Waals surface area contributed by atoms with Crippen molar-refractivity contribution in [2.24, 2.45) is 0 Å². The highest BCUT2D eigenvalue weighted by Crippen LogP contribution is 2.06. The monoisotopic (exact) mass is 224 g/mol. The predicted octanol–water partition coefficient (Wildman–Crippen LogP) is 1.60. The first-order valence-corrected chi connectivity index (χ1v) is 4.88. The third-order valence-corrected chi connectivity index (χ3v) is 2.04. The molecular weight excluding hydrogens is 216 g/mol. The molecule has 0 atom stereocenters. The molecule has 17 heavy (non-hydrogen) atoms. The van der Waals surface area contributed by atoms with Gasteiger partial charge in [-0.15, -0.1) is 0 Å². The maximum absolute atomic E-state index is 11.8. The van der Waals surface area contributed by atoms with E-state index in [1.165, 1.54) is 18.5 Å². The first-order valence-electron chi connectivity index (χ1n) is 4.88. The smallest absolute Gasteiger partial charge is 0.258 e. The van der Waals surface area contributed by atoms with Gasteiger partial charge in [0.2, 0.25) is 5.95 Å². The van der Waals surface area contributed by atoms with Gasteiger partial charge < -0.3 is 0 Å². The number of nitrogens with zero attached hydrogens (tertiary/aromatic N) is 3. The lowest BCUT2D eigenvalue weighted by molar-refractivity contribution is 0.102. The molecule has 1 amide bonds. The van der Waals surface area contributed by atoms with Crippen LogP contribution in [0, 0.1) is 11.3 Å². The zero-order valence-electron chi connectivity index (χ0n) is 8.79. The molecule has 0 aliphatic heterocycles. The molecule has 1 N–H and O–H groups in total. The summed E-state index contributed by atoms with van der Waals surface area (Å²) in [5.41, 5.74) is 0.836. The lowest BCUT2D eigenvalue weighted by Crippen LogP contribution is -2.13. The van der Waals surface area contributed by atoms with Gasteiger partial charge in [-0.05, 0) is 24.3 Å². The van der Waals surface area contributed by atoms with Gasteiger partial charge in [0.15, 0.2) is 0 Å². The van der Waals surface area contributed by atoms with Crippen molar-refractivity contribution in [3.05, 3.63) is 53.9 Å². The predicted molar refractivity (Wildman–Crippen MR) is 61.1 cm³/mol. The van der Waals surface area contributed by atoms with E-state index in [9.17, 15) is 4.79 Å². The summed E-state index contributed by atoms with van der Waals surface area (Å²) >= 11 is 0. The van der Waals surface area contributed by atoms with Crippen molar-refractivity contribution in [1.82, 2.24) is 9.97 Å². The van der Waals surface area contributed by atoms with Gasteiger partial charge in [-0.3, -0.25) is 10.1 Å². The Morgan fingerprint density at radius 3 is 2.71 bits per heavy atom. The van der Waals surface area contributed by atoms with E-state index >= 15 is 0 Å². The Bertz CT molecular complexity index is 575. The van der Waals surface area contributed by atoms with E-state index in [1.807, 2.05) is 6.07 Å². The van der Waals surface area contributed by atoms with E-state index in [-0.39, 0.29) is 11.9 Å². The van der Waals surface area contributed by atoms with Crippen LogP contribution >= 0.6 is 0 Å². The van der Waals surface area contributed by atoms with Crippen molar-refractivity contribution < 1.29 is 4.79 Å². The number of benzene rings is 1. The van der Waals surface area contributed by atoms with Crippen molar-refractivity contribution in [3.63, 3.8) is 0 Å². The van der Waals surface area contributed by atoms with Crippen LogP contribution in [0.15, 0.2) is 42.7 Å². The van der Waals surface area contributed by atoms with Gasteiger partial charge in [0.1, 0.15) is 0 Å². The molecule has 0 radical (unpaired) electrons. The number of amides is 1. The van der Waals surface area contributed by atoms with Crippen molar-refractivity contribution in [2.45, 2.75) is 0 Å². The van der Waals surface area contributed by atoms with Crippen LogP contribution in [0.3, 0.4) is 0 Å². The number of rotatable bonds is 2. The molecule has 0 saturated heterocycles. The number of nitriles is 1. The highest BCUT2D eigenvalue weighted by Gasteiger charge is 2.07. The highest BCUT2D eigenvalue weighted by molar-refractivity contribution is 6.03. The minimum absolute atomic E-state index is 0.236. The van der Waals surface area contributed by atoms with E-state index in [2.05, 4.69) is 15.3 Å². The number of nitrogens with one attached hydrogen (secondary N) is 1. The second kappa shape index (κ2) is 4.86. The Labute approximate surface area is 97.8 Å². The van der Waals surface area contributed by atoms with Crippen LogP contribution in [0.1, 0.15) is 15.9 Å². The molecule has 0 saturated carbocycles. The number of carbonyl (C=O) groups excluding carboxylic acids is 1. The third kappa shape index (κ3) is 2.63. The summed E-state index contributed by atoms with van der Waals surface area (Å²) in [4.78, 5) is 19.5. The molecule has 0 aliphatic rings. The first-order chi connectivity index (χ1) is 8.29. The summed E-state index contributed by atoms with van der Waals surface area (Å²) in [6.45, 7) is 0. The summed E-state index contributed by atoms with van der Waals surface area (Å²) in [5, 5.41) is 11.3. The van der Waals surface area contributed by atoms with E-state index in [4.69, 9.17) is 5.26 Å². The standard InChI is InChI=1S/C12H8N4O/c13-8-9-3-1-4-10(7-9)11(17)16-12-14-5-2-6-15-12/h1-7H,(H,14,15,16,17). The molecule has 1 aromatic heterocycles. The van der Waals surface area contributed by atoms with Gasteiger partial charge >= 0.3 is 0 Å². The van der Waals surface area contributed by atoms with Gasteiger partial charge in [0.05, 0.1) is 11.6 Å². The number of hydrogen-bond donors (Lipinski definition) is 1. The second-order valence-corrected chi connectivity index (χ2v) is 3.22. The SMILES string of the molecule is N#Cc1cccc(C(=O)Nc2ncccn2)c1. The molecule has 0 bridgehead atoms. The Morgan fingerprint density at radius 2 is 2.00 bits per heavy atom. The summed E-state index contributed by atoms with van der Waals surface area (Å²) in [6.07, 6.45) is 3.07. The number of anilines is 1. The van der Waals surface area contributed by atoms with Gasteiger partial charge in [-0.25, -0.2) is 9.97 Å². The summed E-state index contributed by atoms with van der Waals surface area (Å²) < 4.78 is 0. The molecule has 2 aromatic rings. The van der Waals surface area contributed by atoms with Crippen molar-refractivity contribution >= 4 is 11.9 Å². The van der Waals surface area contributed by atoms with Crippen LogP contribution in [-0.2, 0) is 0 Å². The molecule has 1 aromatic carbocycles. The van der Waals surface area contributed by atoms with Crippen molar-refractivity contribution in [2.75, 3.05) is 5.32 Å². The normalized spacial score (nSPS) is 9.35. The molecular formula is C12H8N4O. The number of aromatic nitrogens is 2. The van der Waals surface area contributed by atoms with Gasteiger partial charge in [0, 0.05) is 18.0 Å². The van der Waals surface area contributed by atoms with E-state index in [0.29, 0.717) is 11.1 Å². The Hall–Kier alpha value is -2.74. The van der Waals surface area contributed by atoms with Crippen LogP contribution in [0.25, 0.3) is 0 Å². The van der Waals surface area contributed by atoms with Crippen molar-refractivity contribution in [3.8, 4) is 6.07 Å². The van der Waals surface area contributed by atoms with Crippen LogP contribution in [-0.4, -0.2) is 15.9 Å². The fourth-order valence-electron chi connectivity index (χ4n) is 1.27. The molecule has 0 aliphatic carbocycles. The highest BCUT2D eigenvalue weighted by atomic mass is 16.1. The van der Waals surface area contributed by atoms with Crippen LogP contribution < -0.4 is 5.32 Å². The molecule has 5 heteroatoms. The number of carbonyl (C=O) groups is 1. The average Bonchev–Trinajstić information content (AvgIpc) is 2.40. The zero-order chi connectivity index (χ0) is 12.1. The Morgan fingerprint density at radius 1 is 1.24 bits per heavy atom. The average molecular weight is 224 g/mol. The summed E-state index contributed by atoms with van der Waals surface area (Å²) in [7, 11) is 0.